The second-order valence-electron chi connectivity index (χ2n) is 8.54. The van der Waals surface area contributed by atoms with Crippen molar-refractivity contribution in [2.75, 3.05) is 18.0 Å². The Morgan fingerprint density at radius 1 is 0.824 bits per heavy atom. The summed E-state index contributed by atoms with van der Waals surface area (Å²) in [7, 11) is 0. The first-order valence-corrected chi connectivity index (χ1v) is 11.7. The number of hydrogen-bond donors (Lipinski definition) is 1. The van der Waals surface area contributed by atoms with Crippen molar-refractivity contribution in [1.82, 2.24) is 20.5 Å². The quantitative estimate of drug-likeness (QED) is 0.464. The van der Waals surface area contributed by atoms with E-state index < -0.39 is 0 Å². The molecule has 1 aliphatic rings. The number of amides is 1. The van der Waals surface area contributed by atoms with Crippen molar-refractivity contribution < 1.29 is 4.79 Å². The average molecular weight is 450 g/mol. The van der Waals surface area contributed by atoms with Gasteiger partial charge in [0.05, 0.1) is 11.7 Å². The molecule has 170 valence electrons. The van der Waals surface area contributed by atoms with E-state index in [1.165, 1.54) is 0 Å². The first-order chi connectivity index (χ1) is 16.8. The van der Waals surface area contributed by atoms with Gasteiger partial charge < -0.3 is 10.2 Å². The molecule has 1 amide bonds. The third-order valence-corrected chi connectivity index (χ3v) is 6.35. The monoisotopic (exact) mass is 449 g/mol. The van der Waals surface area contributed by atoms with E-state index in [0.717, 1.165) is 54.1 Å². The number of nitrogens with one attached hydrogen (secondary N) is 1. The molecule has 1 fully saturated rings. The largest absolute Gasteiger partial charge is 0.355 e. The first kappa shape index (κ1) is 21.8. The Morgan fingerprint density at radius 2 is 1.50 bits per heavy atom. The Balaban J connectivity index is 1.22. The van der Waals surface area contributed by atoms with Crippen LogP contribution in [0.5, 0.6) is 0 Å². The lowest BCUT2D eigenvalue weighted by Gasteiger charge is -2.32. The Kier molecular flexibility index (Phi) is 6.56. The SMILES string of the molecule is O=C(NC(c1ccccc1)c1ccccc1)C1CCN(c2ccc(-c3cccnc3)nn2)CC1. The smallest absolute Gasteiger partial charge is 0.223 e. The summed E-state index contributed by atoms with van der Waals surface area (Å²) in [5, 5.41) is 12.1. The van der Waals surface area contributed by atoms with Gasteiger partial charge in [0, 0.05) is 37.0 Å². The van der Waals surface area contributed by atoms with Crippen LogP contribution in [0.3, 0.4) is 0 Å². The number of pyridine rings is 1. The van der Waals surface area contributed by atoms with Gasteiger partial charge in [-0.25, -0.2) is 0 Å². The molecule has 0 atom stereocenters. The summed E-state index contributed by atoms with van der Waals surface area (Å²) in [4.78, 5) is 19.6. The van der Waals surface area contributed by atoms with Gasteiger partial charge in [-0.15, -0.1) is 10.2 Å². The van der Waals surface area contributed by atoms with Gasteiger partial charge in [0.25, 0.3) is 0 Å². The van der Waals surface area contributed by atoms with Gasteiger partial charge in [0.15, 0.2) is 5.82 Å². The number of benzene rings is 2. The summed E-state index contributed by atoms with van der Waals surface area (Å²) in [6.45, 7) is 1.56. The normalized spacial score (nSPS) is 14.2. The summed E-state index contributed by atoms with van der Waals surface area (Å²) in [5.41, 5.74) is 3.93. The van der Waals surface area contributed by atoms with Crippen molar-refractivity contribution in [2.45, 2.75) is 18.9 Å². The molecule has 4 aromatic rings. The molecule has 0 radical (unpaired) electrons. The van der Waals surface area contributed by atoms with Crippen LogP contribution in [0.25, 0.3) is 11.3 Å². The number of nitrogens with zero attached hydrogens (tertiary/aromatic N) is 4. The number of aromatic nitrogens is 3. The van der Waals surface area contributed by atoms with E-state index in [1.54, 1.807) is 12.4 Å². The van der Waals surface area contributed by atoms with Crippen molar-refractivity contribution in [1.29, 1.82) is 0 Å². The summed E-state index contributed by atoms with van der Waals surface area (Å²) in [5.74, 6) is 0.933. The predicted molar refractivity (Wildman–Crippen MR) is 133 cm³/mol. The molecule has 2 aromatic heterocycles. The van der Waals surface area contributed by atoms with Gasteiger partial charge in [-0.2, -0.15) is 0 Å². The van der Waals surface area contributed by atoms with Crippen molar-refractivity contribution >= 4 is 11.7 Å². The Hall–Kier alpha value is -4.06. The Bertz CT molecular complexity index is 1150. The zero-order chi connectivity index (χ0) is 23.2. The maximum absolute atomic E-state index is 13.2. The van der Waals surface area contributed by atoms with Gasteiger partial charge in [-0.1, -0.05) is 60.7 Å². The van der Waals surface area contributed by atoms with E-state index in [-0.39, 0.29) is 17.9 Å². The number of anilines is 1. The Labute approximate surface area is 199 Å². The van der Waals surface area contributed by atoms with E-state index in [2.05, 4.69) is 49.7 Å². The molecular weight excluding hydrogens is 422 g/mol. The van der Waals surface area contributed by atoms with Crippen molar-refractivity contribution in [2.24, 2.45) is 5.92 Å². The van der Waals surface area contributed by atoms with Crippen LogP contribution in [0.1, 0.15) is 30.0 Å². The van der Waals surface area contributed by atoms with Crippen molar-refractivity contribution in [3.05, 3.63) is 108 Å². The number of hydrogen-bond acceptors (Lipinski definition) is 5. The van der Waals surface area contributed by atoms with Gasteiger partial charge in [0.2, 0.25) is 5.91 Å². The second kappa shape index (κ2) is 10.3. The minimum Gasteiger partial charge on any atom is -0.355 e. The van der Waals surface area contributed by atoms with Gasteiger partial charge in [-0.05, 0) is 48.2 Å². The number of rotatable bonds is 6. The standard InChI is InChI=1S/C28H27N5O/c34-28(30-27(21-8-3-1-4-9-21)22-10-5-2-6-11-22)23-15-18-33(19-16-23)26-14-13-25(31-32-26)24-12-7-17-29-20-24/h1-14,17,20,23,27H,15-16,18-19H2,(H,30,34). The minimum atomic E-state index is -0.154. The highest BCUT2D eigenvalue weighted by molar-refractivity contribution is 5.80. The molecule has 0 aliphatic carbocycles. The van der Waals surface area contributed by atoms with E-state index in [0.29, 0.717) is 0 Å². The summed E-state index contributed by atoms with van der Waals surface area (Å²) in [6, 6.07) is 28.0. The molecule has 0 spiro atoms. The van der Waals surface area contributed by atoms with Crippen LogP contribution < -0.4 is 10.2 Å². The fraction of sp³-hybridized carbons (Fsp3) is 0.214. The summed E-state index contributed by atoms with van der Waals surface area (Å²) >= 11 is 0. The molecule has 5 rings (SSSR count). The number of piperidine rings is 1. The fourth-order valence-corrected chi connectivity index (χ4v) is 4.44. The van der Waals surface area contributed by atoms with Crippen LogP contribution in [-0.2, 0) is 4.79 Å². The fourth-order valence-electron chi connectivity index (χ4n) is 4.44. The zero-order valence-electron chi connectivity index (χ0n) is 18.9. The van der Waals surface area contributed by atoms with Gasteiger partial charge in [0.1, 0.15) is 0 Å². The molecule has 1 saturated heterocycles. The van der Waals surface area contributed by atoms with Gasteiger partial charge >= 0.3 is 0 Å². The van der Waals surface area contributed by atoms with Crippen molar-refractivity contribution in [3.8, 4) is 11.3 Å². The highest BCUT2D eigenvalue weighted by Crippen LogP contribution is 2.26. The third kappa shape index (κ3) is 4.96. The highest BCUT2D eigenvalue weighted by atomic mass is 16.2. The van der Waals surface area contributed by atoms with Crippen LogP contribution >= 0.6 is 0 Å². The lowest BCUT2D eigenvalue weighted by Crippen LogP contribution is -2.42. The first-order valence-electron chi connectivity index (χ1n) is 11.7. The topological polar surface area (TPSA) is 71.0 Å². The molecule has 6 nitrogen and oxygen atoms in total. The molecule has 3 heterocycles. The molecule has 1 aliphatic heterocycles. The van der Waals surface area contributed by atoms with Crippen LogP contribution in [0, 0.1) is 5.92 Å². The average Bonchev–Trinajstić information content (AvgIpc) is 2.93. The molecule has 6 heteroatoms. The van der Waals surface area contributed by atoms with Gasteiger partial charge in [-0.3, -0.25) is 9.78 Å². The summed E-state index contributed by atoms with van der Waals surface area (Å²) < 4.78 is 0. The molecule has 0 bridgehead atoms. The maximum atomic E-state index is 13.2. The number of carbonyl (C=O) groups is 1. The maximum Gasteiger partial charge on any atom is 0.223 e. The second-order valence-corrected chi connectivity index (χ2v) is 8.54. The Morgan fingerprint density at radius 3 is 2.06 bits per heavy atom. The van der Waals surface area contributed by atoms with E-state index in [9.17, 15) is 4.79 Å². The molecule has 34 heavy (non-hydrogen) atoms. The van der Waals surface area contributed by atoms with Crippen LogP contribution in [0.2, 0.25) is 0 Å². The molecule has 0 saturated carbocycles. The molecular formula is C28H27N5O. The van der Waals surface area contributed by atoms with E-state index in [1.807, 2.05) is 60.7 Å². The summed E-state index contributed by atoms with van der Waals surface area (Å²) in [6.07, 6.45) is 5.10. The zero-order valence-corrected chi connectivity index (χ0v) is 18.9. The van der Waals surface area contributed by atoms with Crippen LogP contribution in [0.4, 0.5) is 5.82 Å². The van der Waals surface area contributed by atoms with Crippen LogP contribution in [-0.4, -0.2) is 34.2 Å². The van der Waals surface area contributed by atoms with Crippen molar-refractivity contribution in [3.63, 3.8) is 0 Å². The third-order valence-electron chi connectivity index (χ3n) is 6.35. The molecule has 2 aromatic carbocycles. The highest BCUT2D eigenvalue weighted by Gasteiger charge is 2.28. The lowest BCUT2D eigenvalue weighted by atomic mass is 9.93. The van der Waals surface area contributed by atoms with Crippen LogP contribution in [0.15, 0.2) is 97.3 Å². The van der Waals surface area contributed by atoms with E-state index >= 15 is 0 Å². The molecule has 0 unspecified atom stereocenters. The minimum absolute atomic E-state index is 0.0196. The lowest BCUT2D eigenvalue weighted by molar-refractivity contribution is -0.126. The van der Waals surface area contributed by atoms with E-state index in [4.69, 9.17) is 0 Å². The number of carbonyl (C=O) groups excluding carboxylic acids is 1. The predicted octanol–water partition coefficient (Wildman–Crippen LogP) is 4.66. The molecule has 1 N–H and O–H groups in total.